The van der Waals surface area contributed by atoms with Crippen molar-refractivity contribution >= 4 is 11.8 Å². The first-order valence-corrected chi connectivity index (χ1v) is 5.49. The van der Waals surface area contributed by atoms with Crippen LogP contribution < -0.4 is 10.1 Å². The number of aromatic nitrogens is 3. The van der Waals surface area contributed by atoms with Gasteiger partial charge in [-0.1, -0.05) is 0 Å². The molecule has 19 heavy (non-hydrogen) atoms. The topological polar surface area (TPSA) is 97.2 Å². The number of methoxy groups -OCH3 is 1. The zero-order valence-electron chi connectivity index (χ0n) is 10.2. The number of ether oxygens (including phenoxy) is 1. The lowest BCUT2D eigenvalue weighted by Gasteiger charge is -2.06. The Kier molecular flexibility index (Phi) is 3.87. The van der Waals surface area contributed by atoms with Crippen molar-refractivity contribution in [3.8, 4) is 5.88 Å². The Labute approximate surface area is 109 Å². The summed E-state index contributed by atoms with van der Waals surface area (Å²) in [6, 6.07) is 6.60. The third-order valence-corrected chi connectivity index (χ3v) is 2.37. The number of nitrogens with zero attached hydrogens (tertiary/aromatic N) is 3. The predicted molar refractivity (Wildman–Crippen MR) is 67.1 cm³/mol. The van der Waals surface area contributed by atoms with Crippen molar-refractivity contribution in [2.24, 2.45) is 0 Å². The van der Waals surface area contributed by atoms with Crippen molar-refractivity contribution in [3.63, 3.8) is 0 Å². The quantitative estimate of drug-likeness (QED) is 0.833. The van der Waals surface area contributed by atoms with Crippen molar-refractivity contribution in [2.75, 3.05) is 12.4 Å². The third-order valence-electron chi connectivity index (χ3n) is 2.37. The van der Waals surface area contributed by atoms with E-state index in [-0.39, 0.29) is 5.69 Å². The lowest BCUT2D eigenvalue weighted by Crippen LogP contribution is -2.06. The zero-order chi connectivity index (χ0) is 13.7. The van der Waals surface area contributed by atoms with E-state index in [1.54, 1.807) is 25.4 Å². The summed E-state index contributed by atoms with van der Waals surface area (Å²) in [7, 11) is 1.55. The molecule has 0 aliphatic rings. The summed E-state index contributed by atoms with van der Waals surface area (Å²) in [5.74, 6) is -0.0645. The van der Waals surface area contributed by atoms with Crippen LogP contribution in [0.2, 0.25) is 0 Å². The van der Waals surface area contributed by atoms with Crippen LogP contribution in [0.4, 0.5) is 5.82 Å². The first-order chi connectivity index (χ1) is 9.19. The molecule has 0 unspecified atom stereocenters. The summed E-state index contributed by atoms with van der Waals surface area (Å²) in [4.78, 5) is 14.6. The smallest absolute Gasteiger partial charge is 0.356 e. The van der Waals surface area contributed by atoms with E-state index in [9.17, 15) is 4.79 Å². The van der Waals surface area contributed by atoms with E-state index in [2.05, 4.69) is 20.5 Å². The number of hydrogen-bond acceptors (Lipinski definition) is 6. The van der Waals surface area contributed by atoms with Gasteiger partial charge in [-0.15, -0.1) is 10.2 Å². The average molecular weight is 260 g/mol. The molecule has 0 saturated carbocycles. The molecule has 0 aliphatic carbocycles. The second kappa shape index (κ2) is 5.76. The van der Waals surface area contributed by atoms with Gasteiger partial charge in [0.25, 0.3) is 0 Å². The Morgan fingerprint density at radius 3 is 2.84 bits per heavy atom. The van der Waals surface area contributed by atoms with Gasteiger partial charge in [0.1, 0.15) is 5.82 Å². The number of pyridine rings is 1. The molecule has 7 heteroatoms. The second-order valence-corrected chi connectivity index (χ2v) is 3.67. The summed E-state index contributed by atoms with van der Waals surface area (Å²) in [6.07, 6.45) is 1.65. The normalized spacial score (nSPS) is 9.95. The summed E-state index contributed by atoms with van der Waals surface area (Å²) in [6.45, 7) is 0.514. The molecule has 2 aromatic rings. The van der Waals surface area contributed by atoms with Gasteiger partial charge in [0.15, 0.2) is 5.69 Å². The van der Waals surface area contributed by atoms with Crippen LogP contribution in [0.25, 0.3) is 0 Å². The number of nitrogens with one attached hydrogen (secondary N) is 1. The molecule has 7 nitrogen and oxygen atoms in total. The molecule has 0 aliphatic heterocycles. The maximum Gasteiger partial charge on any atom is 0.356 e. The highest BCUT2D eigenvalue weighted by atomic mass is 16.5. The lowest BCUT2D eigenvalue weighted by molar-refractivity contribution is 0.0689. The Morgan fingerprint density at radius 2 is 2.21 bits per heavy atom. The Balaban J connectivity index is 1.99. The number of carboxylic acid groups (broad SMARTS) is 1. The van der Waals surface area contributed by atoms with E-state index >= 15 is 0 Å². The first-order valence-electron chi connectivity index (χ1n) is 5.49. The molecule has 2 aromatic heterocycles. The fourth-order valence-corrected chi connectivity index (χ4v) is 1.41. The maximum atomic E-state index is 10.6. The van der Waals surface area contributed by atoms with Crippen molar-refractivity contribution in [3.05, 3.63) is 41.7 Å². The predicted octanol–water partition coefficient (Wildman–Crippen LogP) is 1.19. The van der Waals surface area contributed by atoms with Gasteiger partial charge < -0.3 is 15.2 Å². The van der Waals surface area contributed by atoms with E-state index in [1.165, 1.54) is 6.07 Å². The average Bonchev–Trinajstić information content (AvgIpc) is 2.46. The fraction of sp³-hybridized carbons (Fsp3) is 0.167. The SMILES string of the molecule is COc1cc(CNc2ccc(C(=O)O)nn2)ccn1. The van der Waals surface area contributed by atoms with Crippen LogP contribution in [0.5, 0.6) is 5.88 Å². The molecule has 0 bridgehead atoms. The lowest BCUT2D eigenvalue weighted by atomic mass is 10.2. The standard InChI is InChI=1S/C12H12N4O3/c1-19-11-6-8(4-5-13-11)7-14-10-3-2-9(12(17)18)15-16-10/h2-6H,7H2,1H3,(H,14,16)(H,17,18). The van der Waals surface area contributed by atoms with Crippen molar-refractivity contribution in [1.29, 1.82) is 0 Å². The van der Waals surface area contributed by atoms with Gasteiger partial charge in [-0.3, -0.25) is 0 Å². The molecule has 98 valence electrons. The molecule has 0 saturated heterocycles. The summed E-state index contributed by atoms with van der Waals surface area (Å²) < 4.78 is 5.02. The highest BCUT2D eigenvalue weighted by molar-refractivity contribution is 5.85. The largest absolute Gasteiger partial charge is 0.481 e. The van der Waals surface area contributed by atoms with Gasteiger partial charge in [-0.05, 0) is 23.8 Å². The first kappa shape index (κ1) is 12.7. The minimum absolute atomic E-state index is 0.0869. The molecule has 0 radical (unpaired) electrons. The minimum Gasteiger partial charge on any atom is -0.481 e. The zero-order valence-corrected chi connectivity index (χ0v) is 10.2. The number of carbonyl (C=O) groups is 1. The number of hydrogen-bond donors (Lipinski definition) is 2. The highest BCUT2D eigenvalue weighted by Crippen LogP contribution is 2.10. The van der Waals surface area contributed by atoms with Crippen molar-refractivity contribution in [1.82, 2.24) is 15.2 Å². The summed E-state index contributed by atoms with van der Waals surface area (Å²) in [5, 5.41) is 19.1. The summed E-state index contributed by atoms with van der Waals surface area (Å²) in [5.41, 5.74) is 0.882. The van der Waals surface area contributed by atoms with Crippen LogP contribution in [0.15, 0.2) is 30.5 Å². The molecule has 0 amide bonds. The Morgan fingerprint density at radius 1 is 1.37 bits per heavy atom. The van der Waals surface area contributed by atoms with Gasteiger partial charge in [0, 0.05) is 18.8 Å². The third kappa shape index (κ3) is 3.38. The van der Waals surface area contributed by atoms with Gasteiger partial charge in [-0.2, -0.15) is 0 Å². The fourth-order valence-electron chi connectivity index (χ4n) is 1.41. The second-order valence-electron chi connectivity index (χ2n) is 3.67. The van der Waals surface area contributed by atoms with Crippen molar-refractivity contribution < 1.29 is 14.6 Å². The van der Waals surface area contributed by atoms with E-state index in [1.807, 2.05) is 6.07 Å². The van der Waals surface area contributed by atoms with Crippen LogP contribution in [0.1, 0.15) is 16.1 Å². The number of aromatic carboxylic acids is 1. The van der Waals surface area contributed by atoms with E-state index < -0.39 is 5.97 Å². The maximum absolute atomic E-state index is 10.6. The molecule has 0 atom stereocenters. The van der Waals surface area contributed by atoms with Crippen molar-refractivity contribution in [2.45, 2.75) is 6.54 Å². The molecule has 0 fully saturated rings. The Hall–Kier alpha value is -2.70. The number of carboxylic acids is 1. The number of rotatable bonds is 5. The van der Waals surface area contributed by atoms with E-state index in [4.69, 9.17) is 9.84 Å². The van der Waals surface area contributed by atoms with Crippen LogP contribution >= 0.6 is 0 Å². The van der Waals surface area contributed by atoms with Crippen LogP contribution in [0.3, 0.4) is 0 Å². The molecule has 2 N–H and O–H groups in total. The van der Waals surface area contributed by atoms with Crippen LogP contribution in [-0.4, -0.2) is 33.4 Å². The van der Waals surface area contributed by atoms with Crippen LogP contribution in [-0.2, 0) is 6.54 Å². The van der Waals surface area contributed by atoms with Crippen LogP contribution in [0, 0.1) is 0 Å². The molecule has 2 rings (SSSR count). The van der Waals surface area contributed by atoms with E-state index in [0.29, 0.717) is 18.2 Å². The molecular weight excluding hydrogens is 248 g/mol. The Bertz CT molecular complexity index is 571. The van der Waals surface area contributed by atoms with Gasteiger partial charge in [0.2, 0.25) is 5.88 Å². The molecule has 0 aromatic carbocycles. The minimum atomic E-state index is -1.10. The molecule has 2 heterocycles. The van der Waals surface area contributed by atoms with Gasteiger partial charge >= 0.3 is 5.97 Å². The van der Waals surface area contributed by atoms with Gasteiger partial charge in [0.05, 0.1) is 7.11 Å². The van der Waals surface area contributed by atoms with E-state index in [0.717, 1.165) is 5.56 Å². The summed E-state index contributed by atoms with van der Waals surface area (Å²) >= 11 is 0. The molecule has 0 spiro atoms. The highest BCUT2D eigenvalue weighted by Gasteiger charge is 2.05. The molecular formula is C12H12N4O3. The monoisotopic (exact) mass is 260 g/mol. The van der Waals surface area contributed by atoms with Gasteiger partial charge in [-0.25, -0.2) is 9.78 Å². The number of anilines is 1.